The highest BCUT2D eigenvalue weighted by Crippen LogP contribution is 2.24. The lowest BCUT2D eigenvalue weighted by Gasteiger charge is -2.15. The van der Waals surface area contributed by atoms with Crippen LogP contribution >= 0.6 is 11.8 Å². The van der Waals surface area contributed by atoms with Gasteiger partial charge in [-0.15, -0.1) is 11.8 Å². The van der Waals surface area contributed by atoms with Gasteiger partial charge in [-0.3, -0.25) is 10.1 Å². The number of sulfonamides is 1. The number of thioether (sulfide) groups is 1. The molecule has 1 aliphatic rings. The molecule has 1 amide bonds. The van der Waals surface area contributed by atoms with E-state index in [0.717, 1.165) is 17.0 Å². The van der Waals surface area contributed by atoms with Gasteiger partial charge in [-0.05, 0) is 37.1 Å². The van der Waals surface area contributed by atoms with Crippen LogP contribution < -0.4 is 15.8 Å². The zero-order valence-corrected chi connectivity index (χ0v) is 12.9. The summed E-state index contributed by atoms with van der Waals surface area (Å²) in [6, 6.07) is 2.65. The maximum Gasteiger partial charge on any atom is 0.242 e. The Morgan fingerprint density at radius 3 is 2.70 bits per heavy atom. The number of primary sulfonamides is 1. The average molecular weight is 315 g/mol. The van der Waals surface area contributed by atoms with E-state index >= 15 is 0 Å². The van der Waals surface area contributed by atoms with Crippen molar-refractivity contribution in [2.75, 3.05) is 16.9 Å². The molecular weight excluding hydrogens is 298 g/mol. The van der Waals surface area contributed by atoms with E-state index in [-0.39, 0.29) is 16.8 Å². The molecule has 0 radical (unpaired) electrons. The van der Waals surface area contributed by atoms with Crippen LogP contribution in [0.5, 0.6) is 0 Å². The van der Waals surface area contributed by atoms with Crippen LogP contribution in [-0.4, -0.2) is 32.0 Å². The average Bonchev–Trinajstić information content (AvgIpc) is 2.87. The topological polar surface area (TPSA) is 101 Å². The number of anilines is 1. The Balaban J connectivity index is 2.31. The molecule has 0 aromatic heterocycles. The van der Waals surface area contributed by atoms with Gasteiger partial charge < -0.3 is 5.32 Å². The molecule has 0 spiro atoms. The van der Waals surface area contributed by atoms with Crippen LogP contribution in [-0.2, 0) is 14.8 Å². The van der Waals surface area contributed by atoms with E-state index in [4.69, 9.17) is 5.14 Å². The van der Waals surface area contributed by atoms with Crippen LogP contribution in [0, 0.1) is 13.8 Å². The summed E-state index contributed by atoms with van der Waals surface area (Å²) in [6.45, 7) is 3.61. The van der Waals surface area contributed by atoms with Crippen LogP contribution in [0.1, 0.15) is 11.1 Å². The van der Waals surface area contributed by atoms with Crippen molar-refractivity contribution in [3.8, 4) is 0 Å². The Kier molecular flexibility index (Phi) is 4.38. The molecule has 1 atom stereocenters. The van der Waals surface area contributed by atoms with E-state index in [0.29, 0.717) is 11.4 Å². The number of nitrogens with two attached hydrogens (primary N) is 1. The van der Waals surface area contributed by atoms with E-state index in [1.807, 2.05) is 6.92 Å². The summed E-state index contributed by atoms with van der Waals surface area (Å²) in [4.78, 5) is 12.1. The molecule has 110 valence electrons. The fourth-order valence-electron chi connectivity index (χ4n) is 1.90. The predicted octanol–water partition coefficient (Wildman–Crippen LogP) is 0.552. The molecule has 6 nitrogen and oxygen atoms in total. The lowest BCUT2D eigenvalue weighted by molar-refractivity contribution is -0.117. The largest absolute Gasteiger partial charge is 0.324 e. The molecule has 1 heterocycles. The van der Waals surface area contributed by atoms with E-state index in [1.54, 1.807) is 18.7 Å². The first-order valence-corrected chi connectivity index (χ1v) is 8.75. The predicted molar refractivity (Wildman–Crippen MR) is 80.2 cm³/mol. The number of amides is 1. The number of carbonyl (C=O) groups excluding carboxylic acids is 1. The van der Waals surface area contributed by atoms with Crippen molar-refractivity contribution in [1.29, 1.82) is 0 Å². The van der Waals surface area contributed by atoms with Crippen LogP contribution in [0.2, 0.25) is 0 Å². The normalized spacial score (nSPS) is 19.1. The number of benzene rings is 1. The van der Waals surface area contributed by atoms with E-state index < -0.39 is 10.0 Å². The maximum atomic E-state index is 12.1. The first-order chi connectivity index (χ1) is 9.29. The van der Waals surface area contributed by atoms with Gasteiger partial charge in [-0.2, -0.15) is 0 Å². The number of hydrogen-bond acceptors (Lipinski definition) is 5. The Morgan fingerprint density at radius 1 is 1.45 bits per heavy atom. The highest BCUT2D eigenvalue weighted by Gasteiger charge is 2.23. The maximum absolute atomic E-state index is 12.1. The van der Waals surface area contributed by atoms with Crippen molar-refractivity contribution in [1.82, 2.24) is 5.32 Å². The third-order valence-electron chi connectivity index (χ3n) is 3.26. The molecule has 1 aromatic carbocycles. The van der Waals surface area contributed by atoms with E-state index in [2.05, 4.69) is 10.6 Å². The molecule has 0 bridgehead atoms. The molecule has 1 fully saturated rings. The van der Waals surface area contributed by atoms with Crippen molar-refractivity contribution < 1.29 is 13.2 Å². The van der Waals surface area contributed by atoms with Crippen molar-refractivity contribution in [2.45, 2.75) is 24.8 Å². The van der Waals surface area contributed by atoms with E-state index in [9.17, 15) is 13.2 Å². The van der Waals surface area contributed by atoms with Gasteiger partial charge in [0.05, 0.1) is 10.9 Å². The van der Waals surface area contributed by atoms with Crippen molar-refractivity contribution in [3.63, 3.8) is 0 Å². The molecule has 1 aliphatic heterocycles. The summed E-state index contributed by atoms with van der Waals surface area (Å²) in [6.07, 6.45) is 0. The molecule has 4 N–H and O–H groups in total. The van der Waals surface area contributed by atoms with Gasteiger partial charge in [0, 0.05) is 17.3 Å². The van der Waals surface area contributed by atoms with Crippen molar-refractivity contribution in [2.24, 2.45) is 5.14 Å². The van der Waals surface area contributed by atoms with Gasteiger partial charge in [0.25, 0.3) is 0 Å². The first-order valence-electron chi connectivity index (χ1n) is 6.05. The minimum atomic E-state index is -3.79. The van der Waals surface area contributed by atoms with Gasteiger partial charge in [0.15, 0.2) is 0 Å². The number of aryl methyl sites for hydroxylation is 1. The Hall–Kier alpha value is -1.09. The highest BCUT2D eigenvalue weighted by molar-refractivity contribution is 7.99. The smallest absolute Gasteiger partial charge is 0.242 e. The van der Waals surface area contributed by atoms with Crippen molar-refractivity contribution >= 4 is 33.4 Å². The Morgan fingerprint density at radius 2 is 2.15 bits per heavy atom. The fourth-order valence-corrected chi connectivity index (χ4v) is 3.47. The van der Waals surface area contributed by atoms with Gasteiger partial charge in [0.1, 0.15) is 0 Å². The second-order valence-electron chi connectivity index (χ2n) is 4.72. The molecule has 2 rings (SSSR count). The quantitative estimate of drug-likeness (QED) is 0.756. The minimum Gasteiger partial charge on any atom is -0.324 e. The fraction of sp³-hybridized carbons (Fsp3) is 0.417. The van der Waals surface area contributed by atoms with Crippen LogP contribution in [0.3, 0.4) is 0 Å². The van der Waals surface area contributed by atoms with Crippen LogP contribution in [0.15, 0.2) is 17.0 Å². The highest BCUT2D eigenvalue weighted by atomic mass is 32.2. The molecule has 1 unspecified atom stereocenters. The number of rotatable bonds is 3. The molecule has 20 heavy (non-hydrogen) atoms. The second kappa shape index (κ2) is 5.72. The summed E-state index contributed by atoms with van der Waals surface area (Å²) in [7, 11) is -3.79. The van der Waals surface area contributed by atoms with E-state index in [1.165, 1.54) is 12.1 Å². The molecule has 1 saturated heterocycles. The summed E-state index contributed by atoms with van der Waals surface area (Å²) in [5, 5.41) is 11.0. The van der Waals surface area contributed by atoms with Gasteiger partial charge in [-0.1, -0.05) is 0 Å². The summed E-state index contributed by atoms with van der Waals surface area (Å²) < 4.78 is 22.9. The zero-order chi connectivity index (χ0) is 14.9. The molecule has 8 heteroatoms. The second-order valence-corrected chi connectivity index (χ2v) is 7.31. The third kappa shape index (κ3) is 3.32. The molecule has 0 saturated carbocycles. The van der Waals surface area contributed by atoms with Gasteiger partial charge in [0.2, 0.25) is 15.9 Å². The number of nitrogens with one attached hydrogen (secondary N) is 2. The van der Waals surface area contributed by atoms with Gasteiger partial charge in [-0.25, -0.2) is 13.6 Å². The number of carbonyl (C=O) groups is 1. The Bertz CT molecular complexity index is 638. The molecular formula is C12H17N3O3S2. The minimum absolute atomic E-state index is 0.00431. The van der Waals surface area contributed by atoms with Crippen LogP contribution in [0.4, 0.5) is 5.69 Å². The number of hydrogen-bond donors (Lipinski definition) is 3. The monoisotopic (exact) mass is 315 g/mol. The lowest BCUT2D eigenvalue weighted by Crippen LogP contribution is -2.37. The molecule has 0 aliphatic carbocycles. The standard InChI is InChI=1S/C12H17N3O3S2/c1-7-3-9(20(13,17)18)4-10(8(7)2)15-12(16)11-5-19-6-14-11/h3-4,11,14H,5-6H2,1-2H3,(H,15,16)(H2,13,17,18). The summed E-state index contributed by atoms with van der Waals surface area (Å²) in [5.74, 6) is 1.29. The summed E-state index contributed by atoms with van der Waals surface area (Å²) in [5.41, 5.74) is 2.08. The lowest BCUT2D eigenvalue weighted by atomic mass is 10.1. The summed E-state index contributed by atoms with van der Waals surface area (Å²) >= 11 is 1.65. The first kappa shape index (κ1) is 15.3. The zero-order valence-electron chi connectivity index (χ0n) is 11.3. The SMILES string of the molecule is Cc1cc(S(N)(=O)=O)cc(NC(=O)C2CSCN2)c1C. The third-order valence-corrected chi connectivity index (χ3v) is 5.09. The molecule has 1 aromatic rings. The Labute approximate surface area is 122 Å². The van der Waals surface area contributed by atoms with Gasteiger partial charge >= 0.3 is 0 Å². The van der Waals surface area contributed by atoms with Crippen LogP contribution in [0.25, 0.3) is 0 Å². The van der Waals surface area contributed by atoms with Crippen molar-refractivity contribution in [3.05, 3.63) is 23.3 Å².